The van der Waals surface area contributed by atoms with Gasteiger partial charge in [0, 0.05) is 17.3 Å². The van der Waals surface area contributed by atoms with Gasteiger partial charge in [-0.15, -0.1) is 0 Å². The van der Waals surface area contributed by atoms with E-state index in [2.05, 4.69) is 50.5 Å². The lowest BCUT2D eigenvalue weighted by Gasteiger charge is -2.17. The Morgan fingerprint density at radius 2 is 1.72 bits per heavy atom. The molecule has 0 radical (unpaired) electrons. The van der Waals surface area contributed by atoms with Crippen LogP contribution in [0.4, 0.5) is 0 Å². The molecule has 0 unspecified atom stereocenters. The highest BCUT2D eigenvalue weighted by molar-refractivity contribution is 5.80. The number of hydrogen-bond acceptors (Lipinski definition) is 1. The number of aromatic nitrogens is 1. The van der Waals surface area contributed by atoms with Gasteiger partial charge in [-0.1, -0.05) is 32.4 Å². The zero-order valence-electron chi connectivity index (χ0n) is 12.2. The molecule has 1 aliphatic rings. The molecule has 0 aromatic carbocycles. The number of hydrogen-bond donors (Lipinski definition) is 0. The molecule has 18 heavy (non-hydrogen) atoms. The summed E-state index contributed by atoms with van der Waals surface area (Å²) in [5.41, 5.74) is 2.54. The molecule has 2 rings (SSSR count). The first-order chi connectivity index (χ1) is 8.51. The molecule has 0 fully saturated rings. The number of rotatable bonds is 2. The lowest BCUT2D eigenvalue weighted by molar-refractivity contribution is -0.119. The molecule has 0 spiro atoms. The third-order valence-corrected chi connectivity index (χ3v) is 3.24. The normalized spacial score (nSPS) is 21.6. The quantitative estimate of drug-likeness (QED) is 0.717. The third kappa shape index (κ3) is 3.34. The minimum Gasteiger partial charge on any atom is -0.342 e. The first kappa shape index (κ1) is 14.7. The fourth-order valence-electron chi connectivity index (χ4n) is 2.38. The number of aryl methyl sites for hydroxylation is 2. The molecule has 0 N–H and O–H groups in total. The molecule has 2 heteroatoms. The van der Waals surface area contributed by atoms with Crippen molar-refractivity contribution < 1.29 is 4.79 Å². The average Bonchev–Trinajstić information content (AvgIpc) is 2.87. The molecule has 0 bridgehead atoms. The summed E-state index contributed by atoms with van der Waals surface area (Å²) in [6, 6.07) is 4.63. The standard InChI is InChI=1S/C13H17NO.C3H8/c1-9-4-5-10(2)14(9)13-7-6-12(8-13)11(3)15;1-3-2/h4-7,12-13H,8H2,1-3H3;3H2,1-2H3/t12-,13+;/m0./s1. The molecule has 100 valence electrons. The van der Waals surface area contributed by atoms with Crippen LogP contribution in [0, 0.1) is 19.8 Å². The van der Waals surface area contributed by atoms with Gasteiger partial charge in [-0.3, -0.25) is 4.79 Å². The Bertz CT molecular complexity index is 409. The monoisotopic (exact) mass is 247 g/mol. The van der Waals surface area contributed by atoms with Gasteiger partial charge in [0.1, 0.15) is 5.78 Å². The Morgan fingerprint density at radius 3 is 2.11 bits per heavy atom. The van der Waals surface area contributed by atoms with Gasteiger partial charge in [-0.25, -0.2) is 0 Å². The van der Waals surface area contributed by atoms with Crippen LogP contribution in [0.5, 0.6) is 0 Å². The minimum atomic E-state index is 0.121. The van der Waals surface area contributed by atoms with E-state index in [-0.39, 0.29) is 11.7 Å². The van der Waals surface area contributed by atoms with Crippen molar-refractivity contribution in [3.05, 3.63) is 35.7 Å². The number of nitrogens with zero attached hydrogens (tertiary/aromatic N) is 1. The minimum absolute atomic E-state index is 0.121. The van der Waals surface area contributed by atoms with Crippen molar-refractivity contribution in [1.82, 2.24) is 4.57 Å². The lowest BCUT2D eigenvalue weighted by Crippen LogP contribution is -2.12. The summed E-state index contributed by atoms with van der Waals surface area (Å²) in [7, 11) is 0. The van der Waals surface area contributed by atoms with Crippen LogP contribution >= 0.6 is 0 Å². The molecule has 0 amide bonds. The average molecular weight is 247 g/mol. The maximum Gasteiger partial charge on any atom is 0.136 e. The van der Waals surface area contributed by atoms with Gasteiger partial charge in [-0.05, 0) is 39.3 Å². The zero-order valence-corrected chi connectivity index (χ0v) is 12.2. The van der Waals surface area contributed by atoms with Gasteiger partial charge in [0.25, 0.3) is 0 Å². The molecule has 1 aromatic heterocycles. The van der Waals surface area contributed by atoms with E-state index in [1.54, 1.807) is 6.92 Å². The second kappa shape index (κ2) is 6.58. The highest BCUT2D eigenvalue weighted by Crippen LogP contribution is 2.30. The van der Waals surface area contributed by atoms with Crippen LogP contribution < -0.4 is 0 Å². The van der Waals surface area contributed by atoms with Crippen LogP contribution in [-0.2, 0) is 4.79 Å². The second-order valence-electron chi connectivity index (χ2n) is 5.10. The van der Waals surface area contributed by atoms with E-state index >= 15 is 0 Å². The summed E-state index contributed by atoms with van der Waals surface area (Å²) in [6.07, 6.45) is 6.38. The van der Waals surface area contributed by atoms with Gasteiger partial charge < -0.3 is 4.57 Å². The van der Waals surface area contributed by atoms with E-state index in [0.29, 0.717) is 6.04 Å². The van der Waals surface area contributed by atoms with Gasteiger partial charge in [0.2, 0.25) is 0 Å². The number of allylic oxidation sites excluding steroid dienone is 2. The van der Waals surface area contributed by atoms with Gasteiger partial charge in [-0.2, -0.15) is 0 Å². The summed E-state index contributed by atoms with van der Waals surface area (Å²) >= 11 is 0. The molecule has 0 saturated carbocycles. The Morgan fingerprint density at radius 1 is 1.22 bits per heavy atom. The zero-order chi connectivity index (χ0) is 13.7. The summed E-state index contributed by atoms with van der Waals surface area (Å²) in [5.74, 6) is 0.396. The smallest absolute Gasteiger partial charge is 0.136 e. The second-order valence-corrected chi connectivity index (χ2v) is 5.10. The molecule has 1 aliphatic carbocycles. The first-order valence-corrected chi connectivity index (χ1v) is 6.84. The molecule has 0 saturated heterocycles. The molecular weight excluding hydrogens is 222 g/mol. The van der Waals surface area contributed by atoms with Crippen molar-refractivity contribution in [3.63, 3.8) is 0 Å². The molecule has 1 heterocycles. The van der Waals surface area contributed by atoms with Crippen LogP contribution in [0.3, 0.4) is 0 Å². The Hall–Kier alpha value is -1.31. The first-order valence-electron chi connectivity index (χ1n) is 6.84. The summed E-state index contributed by atoms with van der Waals surface area (Å²) in [4.78, 5) is 11.3. The topological polar surface area (TPSA) is 22.0 Å². The van der Waals surface area contributed by atoms with Crippen LogP contribution in [0.25, 0.3) is 0 Å². The summed E-state index contributed by atoms with van der Waals surface area (Å²) in [5, 5.41) is 0. The van der Waals surface area contributed by atoms with Gasteiger partial charge in [0.05, 0.1) is 6.04 Å². The predicted octanol–water partition coefficient (Wildman–Crippen LogP) is 4.23. The third-order valence-electron chi connectivity index (χ3n) is 3.24. The van der Waals surface area contributed by atoms with Gasteiger partial charge >= 0.3 is 0 Å². The van der Waals surface area contributed by atoms with Gasteiger partial charge in [0.15, 0.2) is 0 Å². The van der Waals surface area contributed by atoms with E-state index in [1.165, 1.54) is 17.8 Å². The van der Waals surface area contributed by atoms with E-state index in [4.69, 9.17) is 0 Å². The maximum absolute atomic E-state index is 11.3. The van der Waals surface area contributed by atoms with E-state index < -0.39 is 0 Å². The lowest BCUT2D eigenvalue weighted by atomic mass is 10.0. The summed E-state index contributed by atoms with van der Waals surface area (Å²) < 4.78 is 2.30. The van der Waals surface area contributed by atoms with E-state index in [9.17, 15) is 4.79 Å². The maximum atomic E-state index is 11.3. The van der Waals surface area contributed by atoms with E-state index in [0.717, 1.165) is 6.42 Å². The Labute approximate surface area is 111 Å². The van der Waals surface area contributed by atoms with E-state index in [1.807, 2.05) is 6.08 Å². The Kier molecular flexibility index (Phi) is 5.39. The fraction of sp³-hybridized carbons (Fsp3) is 0.562. The number of carbonyl (C=O) groups is 1. The largest absolute Gasteiger partial charge is 0.342 e. The molecule has 2 atom stereocenters. The predicted molar refractivity (Wildman–Crippen MR) is 76.8 cm³/mol. The molecular formula is C16H25NO. The van der Waals surface area contributed by atoms with Crippen LogP contribution in [-0.4, -0.2) is 10.4 Å². The van der Waals surface area contributed by atoms with Crippen molar-refractivity contribution in [2.45, 2.75) is 53.5 Å². The fourth-order valence-corrected chi connectivity index (χ4v) is 2.38. The van der Waals surface area contributed by atoms with Crippen LogP contribution in [0.1, 0.15) is 51.0 Å². The van der Waals surface area contributed by atoms with Crippen molar-refractivity contribution >= 4 is 5.78 Å². The summed E-state index contributed by atoms with van der Waals surface area (Å²) in [6.45, 7) is 10.1. The molecule has 2 nitrogen and oxygen atoms in total. The molecule has 0 aliphatic heterocycles. The van der Waals surface area contributed by atoms with Crippen molar-refractivity contribution in [1.29, 1.82) is 0 Å². The van der Waals surface area contributed by atoms with Crippen LogP contribution in [0.2, 0.25) is 0 Å². The van der Waals surface area contributed by atoms with Crippen LogP contribution in [0.15, 0.2) is 24.3 Å². The van der Waals surface area contributed by atoms with Crippen molar-refractivity contribution in [3.8, 4) is 0 Å². The number of ketones is 1. The highest BCUT2D eigenvalue weighted by atomic mass is 16.1. The number of carbonyl (C=O) groups excluding carboxylic acids is 1. The molecule has 1 aromatic rings. The SMILES string of the molecule is CC(=O)[C@H]1C=C[C@@H](n2c(C)ccc2C)C1.CCC. The van der Waals surface area contributed by atoms with Crippen molar-refractivity contribution in [2.75, 3.05) is 0 Å². The Balaban J connectivity index is 0.000000492. The highest BCUT2D eigenvalue weighted by Gasteiger charge is 2.24. The van der Waals surface area contributed by atoms with Crippen molar-refractivity contribution in [2.24, 2.45) is 5.92 Å². The number of Topliss-reactive ketones (excluding diaryl/α,β-unsaturated/α-hetero) is 1.